The van der Waals surface area contributed by atoms with E-state index in [9.17, 15) is 9.59 Å². The van der Waals surface area contributed by atoms with E-state index in [0.717, 1.165) is 31.9 Å². The number of hydrogen-bond acceptors (Lipinski definition) is 5. The first kappa shape index (κ1) is 20.6. The number of carboxylic acids is 1. The Labute approximate surface area is 133 Å². The fourth-order valence-corrected chi connectivity index (χ4v) is 2.59. The van der Waals surface area contributed by atoms with E-state index in [1.54, 1.807) is 0 Å². The van der Waals surface area contributed by atoms with E-state index < -0.39 is 11.9 Å². The van der Waals surface area contributed by atoms with E-state index in [-0.39, 0.29) is 12.0 Å². The van der Waals surface area contributed by atoms with E-state index in [2.05, 4.69) is 16.4 Å². The molecule has 0 heterocycles. The second-order valence-corrected chi connectivity index (χ2v) is 6.08. The molecule has 0 bridgehead atoms. The third-order valence-electron chi connectivity index (χ3n) is 3.81. The van der Waals surface area contributed by atoms with Gasteiger partial charge in [0.1, 0.15) is 0 Å². The molecule has 6 heteroatoms. The lowest BCUT2D eigenvalue weighted by atomic mass is 9.85. The second-order valence-electron chi connectivity index (χ2n) is 6.08. The maximum Gasteiger partial charge on any atom is 0.330 e. The molecule has 0 fully saturated rings. The van der Waals surface area contributed by atoms with Crippen LogP contribution in [0.5, 0.6) is 0 Å². The Morgan fingerprint density at radius 2 is 1.82 bits per heavy atom. The molecule has 0 rings (SSSR count). The number of carbonyl (C=O) groups excluding carboxylic acids is 1. The minimum Gasteiger partial charge on any atom is -0.481 e. The Morgan fingerprint density at radius 1 is 1.18 bits per heavy atom. The molecular formula is C16H30N2O4. The average Bonchev–Trinajstić information content (AvgIpc) is 2.42. The second kappa shape index (κ2) is 10.3. The highest BCUT2D eigenvalue weighted by Gasteiger charge is 2.33. The maximum absolute atomic E-state index is 11.0. The lowest BCUT2D eigenvalue weighted by molar-refractivity contribution is -0.139. The van der Waals surface area contributed by atoms with Gasteiger partial charge in [-0.05, 0) is 53.9 Å². The van der Waals surface area contributed by atoms with Crippen LogP contribution in [0.4, 0.5) is 0 Å². The van der Waals surface area contributed by atoms with Gasteiger partial charge >= 0.3 is 11.9 Å². The van der Waals surface area contributed by atoms with Crippen LogP contribution in [0.15, 0.2) is 12.7 Å². The summed E-state index contributed by atoms with van der Waals surface area (Å²) in [7, 11) is 7.96. The van der Waals surface area contributed by atoms with Gasteiger partial charge in [-0.1, -0.05) is 6.58 Å². The Balaban J connectivity index is 4.58. The van der Waals surface area contributed by atoms with Crippen LogP contribution in [0.1, 0.15) is 32.1 Å². The number of unbranched alkanes of at least 4 members (excludes halogenated alkanes) is 1. The van der Waals surface area contributed by atoms with Gasteiger partial charge in [0, 0.05) is 24.6 Å². The number of likely N-dealkylation sites (N-methyl/N-ethyl adjacent to an activating group) is 2. The Hall–Kier alpha value is -1.40. The number of hydrogen-bond donors (Lipinski definition) is 1. The van der Waals surface area contributed by atoms with E-state index in [1.165, 1.54) is 0 Å². The Bertz CT molecular complexity index is 369. The van der Waals surface area contributed by atoms with Gasteiger partial charge in [-0.15, -0.1) is 0 Å². The molecule has 0 saturated heterocycles. The molecule has 0 aliphatic rings. The summed E-state index contributed by atoms with van der Waals surface area (Å²) in [6.07, 6.45) is 4.39. The lowest BCUT2D eigenvalue weighted by Gasteiger charge is -2.42. The molecule has 128 valence electrons. The Kier molecular flexibility index (Phi) is 9.69. The fourth-order valence-electron chi connectivity index (χ4n) is 2.59. The van der Waals surface area contributed by atoms with Crippen molar-refractivity contribution in [3.05, 3.63) is 12.7 Å². The van der Waals surface area contributed by atoms with E-state index in [1.807, 2.05) is 28.2 Å². The predicted molar refractivity (Wildman–Crippen MR) is 86.8 cm³/mol. The summed E-state index contributed by atoms with van der Waals surface area (Å²) in [6.45, 7) is 4.51. The molecule has 1 atom stereocenters. The van der Waals surface area contributed by atoms with Gasteiger partial charge < -0.3 is 19.6 Å². The first-order chi connectivity index (χ1) is 10.2. The topological polar surface area (TPSA) is 70.1 Å². The van der Waals surface area contributed by atoms with Gasteiger partial charge in [0.25, 0.3) is 0 Å². The monoisotopic (exact) mass is 314 g/mol. The zero-order chi connectivity index (χ0) is 17.2. The SMILES string of the molecule is C=CC(=O)OCCCCC(CCC(=O)O)(CN(C)C)N(C)C. The average molecular weight is 314 g/mol. The molecule has 0 aliphatic heterocycles. The summed E-state index contributed by atoms with van der Waals surface area (Å²) in [5.74, 6) is -1.18. The standard InChI is InChI=1S/C16H30N2O4/c1-6-15(21)22-12-8-7-10-16(18(4)5,13-17(2)3)11-9-14(19)20/h6H,1,7-13H2,2-5H3,(H,19,20). The zero-order valence-corrected chi connectivity index (χ0v) is 14.3. The van der Waals surface area contributed by atoms with E-state index >= 15 is 0 Å². The molecule has 0 aromatic rings. The fraction of sp³-hybridized carbons (Fsp3) is 0.750. The first-order valence-electron chi connectivity index (χ1n) is 7.56. The number of carbonyl (C=O) groups is 2. The minimum absolute atomic E-state index is 0.150. The van der Waals surface area contributed by atoms with E-state index in [0.29, 0.717) is 13.0 Å². The highest BCUT2D eigenvalue weighted by atomic mass is 16.5. The number of rotatable bonds is 12. The van der Waals surface area contributed by atoms with Crippen molar-refractivity contribution in [3.8, 4) is 0 Å². The summed E-state index contributed by atoms with van der Waals surface area (Å²) in [5.41, 5.74) is -0.190. The van der Waals surface area contributed by atoms with Crippen LogP contribution >= 0.6 is 0 Å². The maximum atomic E-state index is 11.0. The first-order valence-corrected chi connectivity index (χ1v) is 7.56. The quantitative estimate of drug-likeness (QED) is 0.335. The van der Waals surface area contributed by atoms with Crippen molar-refractivity contribution in [2.75, 3.05) is 41.3 Å². The lowest BCUT2D eigenvalue weighted by Crippen LogP contribution is -2.51. The number of esters is 1. The smallest absolute Gasteiger partial charge is 0.330 e. The van der Waals surface area contributed by atoms with Gasteiger partial charge in [0.2, 0.25) is 0 Å². The summed E-state index contributed by atoms with van der Waals surface area (Å²) < 4.78 is 4.97. The van der Waals surface area contributed by atoms with Crippen molar-refractivity contribution >= 4 is 11.9 Å². The number of nitrogens with zero attached hydrogens (tertiary/aromatic N) is 2. The normalized spacial score (nSPS) is 13.9. The molecule has 6 nitrogen and oxygen atoms in total. The molecule has 1 unspecified atom stereocenters. The van der Waals surface area contributed by atoms with Crippen LogP contribution in [0, 0.1) is 0 Å². The number of ether oxygens (including phenoxy) is 1. The van der Waals surface area contributed by atoms with Crippen molar-refractivity contribution in [1.82, 2.24) is 9.80 Å². The van der Waals surface area contributed by atoms with Gasteiger partial charge in [-0.3, -0.25) is 4.79 Å². The van der Waals surface area contributed by atoms with Crippen LogP contribution in [0.25, 0.3) is 0 Å². The number of carboxylic acid groups (broad SMARTS) is 1. The van der Waals surface area contributed by atoms with Crippen LogP contribution in [-0.4, -0.2) is 73.7 Å². The van der Waals surface area contributed by atoms with Crippen molar-refractivity contribution in [3.63, 3.8) is 0 Å². The van der Waals surface area contributed by atoms with Gasteiger partial charge in [-0.2, -0.15) is 0 Å². The van der Waals surface area contributed by atoms with Crippen LogP contribution in [-0.2, 0) is 14.3 Å². The molecule has 1 N–H and O–H groups in total. The summed E-state index contributed by atoms with van der Waals surface area (Å²) in [6, 6.07) is 0. The predicted octanol–water partition coefficient (Wildman–Crippen LogP) is 1.61. The van der Waals surface area contributed by atoms with Crippen molar-refractivity contribution in [1.29, 1.82) is 0 Å². The highest BCUT2D eigenvalue weighted by Crippen LogP contribution is 2.27. The molecule has 0 aliphatic carbocycles. The Morgan fingerprint density at radius 3 is 2.27 bits per heavy atom. The van der Waals surface area contributed by atoms with Crippen LogP contribution < -0.4 is 0 Å². The van der Waals surface area contributed by atoms with Crippen molar-refractivity contribution in [2.24, 2.45) is 0 Å². The molecule has 0 amide bonds. The van der Waals surface area contributed by atoms with Crippen LogP contribution in [0.3, 0.4) is 0 Å². The zero-order valence-electron chi connectivity index (χ0n) is 14.3. The number of aliphatic carboxylic acids is 1. The summed E-state index contributed by atoms with van der Waals surface area (Å²) in [4.78, 5) is 26.1. The molecule has 0 aromatic carbocycles. The summed E-state index contributed by atoms with van der Waals surface area (Å²) >= 11 is 0. The van der Waals surface area contributed by atoms with Gasteiger partial charge in [-0.25, -0.2) is 4.79 Å². The minimum atomic E-state index is -0.773. The summed E-state index contributed by atoms with van der Waals surface area (Å²) in [5, 5.41) is 8.99. The third kappa shape index (κ3) is 8.14. The third-order valence-corrected chi connectivity index (χ3v) is 3.81. The molecule has 0 radical (unpaired) electrons. The van der Waals surface area contributed by atoms with Gasteiger partial charge in [0.15, 0.2) is 0 Å². The molecule has 22 heavy (non-hydrogen) atoms. The molecular weight excluding hydrogens is 284 g/mol. The van der Waals surface area contributed by atoms with E-state index in [4.69, 9.17) is 9.84 Å². The molecule has 0 spiro atoms. The largest absolute Gasteiger partial charge is 0.481 e. The highest BCUT2D eigenvalue weighted by molar-refractivity contribution is 5.81. The molecule has 0 saturated carbocycles. The molecule has 0 aromatic heterocycles. The van der Waals surface area contributed by atoms with Crippen molar-refractivity contribution < 1.29 is 19.4 Å². The van der Waals surface area contributed by atoms with Gasteiger partial charge in [0.05, 0.1) is 6.61 Å². The van der Waals surface area contributed by atoms with Crippen LogP contribution in [0.2, 0.25) is 0 Å². The van der Waals surface area contributed by atoms with Crippen molar-refractivity contribution in [2.45, 2.75) is 37.6 Å².